The molecule has 0 heterocycles. The van der Waals surface area contributed by atoms with Crippen molar-refractivity contribution in [1.29, 1.82) is 0 Å². The number of rotatable bonds is 4. The molecule has 2 heteroatoms. The van der Waals surface area contributed by atoms with E-state index in [1.807, 2.05) is 0 Å². The van der Waals surface area contributed by atoms with E-state index in [-0.39, 0.29) is 0 Å². The molecule has 132 valence electrons. The number of allylic oxidation sites excluding steroid dienone is 5. The van der Waals surface area contributed by atoms with Crippen LogP contribution < -0.4 is 10.6 Å². The van der Waals surface area contributed by atoms with Crippen LogP contribution in [0.5, 0.6) is 0 Å². The minimum atomic E-state index is 0.401. The molecule has 0 aliphatic heterocycles. The van der Waals surface area contributed by atoms with E-state index in [0.29, 0.717) is 18.2 Å². The van der Waals surface area contributed by atoms with Gasteiger partial charge in [0.1, 0.15) is 0 Å². The molecule has 1 fully saturated rings. The lowest BCUT2D eigenvalue weighted by Crippen LogP contribution is -2.51. The summed E-state index contributed by atoms with van der Waals surface area (Å²) in [6.07, 6.45) is 25.8. The second-order valence-electron chi connectivity index (χ2n) is 8.55. The van der Waals surface area contributed by atoms with Crippen molar-refractivity contribution < 1.29 is 0 Å². The van der Waals surface area contributed by atoms with E-state index in [4.69, 9.17) is 0 Å². The summed E-state index contributed by atoms with van der Waals surface area (Å²) >= 11 is 0. The summed E-state index contributed by atoms with van der Waals surface area (Å²) in [4.78, 5) is 0. The van der Waals surface area contributed by atoms with Crippen molar-refractivity contribution in [2.75, 3.05) is 0 Å². The van der Waals surface area contributed by atoms with Crippen LogP contribution in [0.4, 0.5) is 0 Å². The summed E-state index contributed by atoms with van der Waals surface area (Å²) in [6, 6.07) is 1.22. The first-order chi connectivity index (χ1) is 11.8. The molecule has 2 N–H and O–H groups in total. The standard InChI is InChI=1S/C22H34N2/c1-16(23-21-12-10-17-6-2-4-8-19(17)14-21)24-22-13-11-18-7-3-5-9-20(18)15-22/h4-5,8-10,12,16-24H,2-3,6-7,11,13-15H2,1H3/t16-,17?,18-,19-,20?,21?,22?/m0/s1. The average Bonchev–Trinajstić information content (AvgIpc) is 2.61. The third-order valence-electron chi connectivity index (χ3n) is 6.80. The summed E-state index contributed by atoms with van der Waals surface area (Å²) in [5.74, 6) is 3.36. The number of fused-ring (bicyclic) bond motifs is 2. The summed E-state index contributed by atoms with van der Waals surface area (Å²) in [5, 5.41) is 7.70. The Balaban J connectivity index is 1.26. The Morgan fingerprint density at radius 2 is 1.58 bits per heavy atom. The molecule has 0 aromatic heterocycles. The van der Waals surface area contributed by atoms with Crippen LogP contribution in [0.3, 0.4) is 0 Å². The van der Waals surface area contributed by atoms with Crippen LogP contribution in [0.25, 0.3) is 0 Å². The molecule has 2 nitrogen and oxygen atoms in total. The Morgan fingerprint density at radius 1 is 0.750 bits per heavy atom. The molecule has 0 aromatic rings. The van der Waals surface area contributed by atoms with E-state index in [1.54, 1.807) is 0 Å². The van der Waals surface area contributed by atoms with Crippen LogP contribution in [0.2, 0.25) is 0 Å². The van der Waals surface area contributed by atoms with Gasteiger partial charge >= 0.3 is 0 Å². The lowest BCUT2D eigenvalue weighted by Gasteiger charge is -2.39. The van der Waals surface area contributed by atoms with E-state index in [1.165, 1.54) is 51.4 Å². The molecule has 4 unspecified atom stereocenters. The maximum atomic E-state index is 3.87. The average molecular weight is 327 g/mol. The quantitative estimate of drug-likeness (QED) is 0.585. The Hall–Kier alpha value is -0.860. The smallest absolute Gasteiger partial charge is 0.0549 e. The molecular weight excluding hydrogens is 292 g/mol. The predicted molar refractivity (Wildman–Crippen MR) is 102 cm³/mol. The first-order valence-corrected chi connectivity index (χ1v) is 10.3. The highest BCUT2D eigenvalue weighted by Gasteiger charge is 2.31. The van der Waals surface area contributed by atoms with Gasteiger partial charge in [0.05, 0.1) is 6.17 Å². The van der Waals surface area contributed by atoms with E-state index in [9.17, 15) is 0 Å². The Labute approximate surface area is 147 Å². The summed E-state index contributed by atoms with van der Waals surface area (Å²) in [7, 11) is 0. The number of hydrogen-bond donors (Lipinski definition) is 2. The Morgan fingerprint density at radius 3 is 2.50 bits per heavy atom. The second-order valence-corrected chi connectivity index (χ2v) is 8.55. The van der Waals surface area contributed by atoms with Crippen LogP contribution in [-0.4, -0.2) is 18.2 Å². The van der Waals surface area contributed by atoms with Gasteiger partial charge in [0.2, 0.25) is 0 Å². The van der Waals surface area contributed by atoms with E-state index < -0.39 is 0 Å². The zero-order chi connectivity index (χ0) is 16.4. The number of hydrogen-bond acceptors (Lipinski definition) is 2. The van der Waals surface area contributed by atoms with Gasteiger partial charge in [-0.1, -0.05) is 36.5 Å². The van der Waals surface area contributed by atoms with Gasteiger partial charge in [-0.15, -0.1) is 0 Å². The van der Waals surface area contributed by atoms with Crippen LogP contribution in [-0.2, 0) is 0 Å². The molecule has 4 aliphatic carbocycles. The molecule has 24 heavy (non-hydrogen) atoms. The topological polar surface area (TPSA) is 24.1 Å². The highest BCUT2D eigenvalue weighted by Crippen LogP contribution is 2.37. The zero-order valence-electron chi connectivity index (χ0n) is 15.2. The fraction of sp³-hybridized carbons (Fsp3) is 0.727. The van der Waals surface area contributed by atoms with Gasteiger partial charge in [0.25, 0.3) is 0 Å². The molecule has 7 atom stereocenters. The normalized spacial score (nSPS) is 42.4. The molecule has 4 rings (SSSR count). The predicted octanol–water partition coefficient (Wildman–Crippen LogP) is 4.56. The maximum absolute atomic E-state index is 3.87. The maximum Gasteiger partial charge on any atom is 0.0549 e. The van der Waals surface area contributed by atoms with Crippen molar-refractivity contribution in [2.45, 2.75) is 76.5 Å². The van der Waals surface area contributed by atoms with Gasteiger partial charge in [-0.3, -0.25) is 10.6 Å². The van der Waals surface area contributed by atoms with Crippen molar-refractivity contribution in [1.82, 2.24) is 10.6 Å². The van der Waals surface area contributed by atoms with Crippen LogP contribution in [0.15, 0.2) is 36.5 Å². The fourth-order valence-corrected chi connectivity index (χ4v) is 5.50. The Bertz CT molecular complexity index is 506. The van der Waals surface area contributed by atoms with Gasteiger partial charge in [-0.05, 0) is 82.0 Å². The highest BCUT2D eigenvalue weighted by molar-refractivity contribution is 5.12. The molecule has 0 bridgehead atoms. The van der Waals surface area contributed by atoms with Crippen LogP contribution in [0, 0.1) is 23.7 Å². The summed E-state index contributed by atoms with van der Waals surface area (Å²) < 4.78 is 0. The van der Waals surface area contributed by atoms with Crippen molar-refractivity contribution in [3.63, 3.8) is 0 Å². The fourth-order valence-electron chi connectivity index (χ4n) is 5.50. The molecule has 0 amide bonds. The van der Waals surface area contributed by atoms with Crippen LogP contribution >= 0.6 is 0 Å². The molecule has 0 radical (unpaired) electrons. The van der Waals surface area contributed by atoms with Crippen molar-refractivity contribution in [2.24, 2.45) is 23.7 Å². The van der Waals surface area contributed by atoms with E-state index in [0.717, 1.165) is 23.7 Å². The lowest BCUT2D eigenvalue weighted by atomic mass is 9.72. The summed E-state index contributed by atoms with van der Waals surface area (Å²) in [5.41, 5.74) is 0. The highest BCUT2D eigenvalue weighted by atomic mass is 15.1. The molecule has 0 aromatic carbocycles. The SMILES string of the molecule is C[C@@H](NC1C=CC2CCC=C[C@H]2C1)NC1CC[C@@H]2CCC=CC2C1. The van der Waals surface area contributed by atoms with Crippen molar-refractivity contribution in [3.8, 4) is 0 Å². The van der Waals surface area contributed by atoms with Gasteiger partial charge < -0.3 is 0 Å². The number of nitrogens with one attached hydrogen (secondary N) is 2. The van der Waals surface area contributed by atoms with Gasteiger partial charge in [-0.25, -0.2) is 0 Å². The minimum absolute atomic E-state index is 0.401. The zero-order valence-corrected chi connectivity index (χ0v) is 15.2. The first-order valence-electron chi connectivity index (χ1n) is 10.3. The van der Waals surface area contributed by atoms with Crippen LogP contribution in [0.1, 0.15) is 58.3 Å². The largest absolute Gasteiger partial charge is 0.299 e. The third kappa shape index (κ3) is 3.86. The Kier molecular flexibility index (Phi) is 5.24. The molecular formula is C22H34N2. The lowest BCUT2D eigenvalue weighted by molar-refractivity contribution is 0.198. The monoisotopic (exact) mass is 326 g/mol. The third-order valence-corrected chi connectivity index (χ3v) is 6.80. The van der Waals surface area contributed by atoms with Crippen molar-refractivity contribution in [3.05, 3.63) is 36.5 Å². The second kappa shape index (κ2) is 7.58. The summed E-state index contributed by atoms with van der Waals surface area (Å²) in [6.45, 7) is 2.30. The van der Waals surface area contributed by atoms with Gasteiger partial charge in [0, 0.05) is 12.1 Å². The molecule has 4 aliphatic rings. The molecule has 0 spiro atoms. The first kappa shape index (κ1) is 16.6. The van der Waals surface area contributed by atoms with Crippen molar-refractivity contribution >= 4 is 0 Å². The molecule has 0 saturated heterocycles. The van der Waals surface area contributed by atoms with E-state index >= 15 is 0 Å². The minimum Gasteiger partial charge on any atom is -0.299 e. The van der Waals surface area contributed by atoms with Gasteiger partial charge in [-0.2, -0.15) is 0 Å². The van der Waals surface area contributed by atoms with Gasteiger partial charge in [0.15, 0.2) is 0 Å². The van der Waals surface area contributed by atoms with E-state index in [2.05, 4.69) is 54.0 Å². The molecule has 1 saturated carbocycles.